The van der Waals surface area contributed by atoms with Crippen molar-refractivity contribution in [3.63, 3.8) is 0 Å². The largest absolute Gasteiger partial charge is 0.484 e. The Morgan fingerprint density at radius 2 is 1.96 bits per heavy atom. The Morgan fingerprint density at radius 1 is 1.26 bits per heavy atom. The Kier molecular flexibility index (Phi) is 5.24. The quantitative estimate of drug-likeness (QED) is 0.654. The highest BCUT2D eigenvalue weighted by Crippen LogP contribution is 2.21. The van der Waals surface area contributed by atoms with Crippen LogP contribution in [0.3, 0.4) is 0 Å². The van der Waals surface area contributed by atoms with E-state index < -0.39 is 16.6 Å². The Balaban J connectivity index is 1.96. The number of ether oxygens (including phenoxy) is 1. The number of aryl methyl sites for hydroxylation is 1. The van der Waals surface area contributed by atoms with Gasteiger partial charge in [0.25, 0.3) is 11.6 Å². The number of nitrogens with one attached hydrogen (secondary N) is 1. The zero-order valence-corrected chi connectivity index (χ0v) is 12.4. The van der Waals surface area contributed by atoms with Crippen LogP contribution < -0.4 is 10.1 Å². The van der Waals surface area contributed by atoms with E-state index in [1.54, 1.807) is 12.1 Å². The van der Waals surface area contributed by atoms with E-state index in [0.717, 1.165) is 30.2 Å². The second kappa shape index (κ2) is 7.35. The first-order valence-electron chi connectivity index (χ1n) is 6.95. The lowest BCUT2D eigenvalue weighted by atomic mass is 10.2. The van der Waals surface area contributed by atoms with Crippen molar-refractivity contribution in [3.05, 3.63) is 64.0 Å². The third-order valence-electron chi connectivity index (χ3n) is 3.14. The standard InChI is InChI=1S/C16H15FN2O4/c1-2-11-3-6-13(7-4-11)23-10-16(20)18-15-9-12(19(21)22)5-8-14(15)17/h3-9H,2,10H2,1H3,(H,18,20). The molecule has 7 heteroatoms. The first-order chi connectivity index (χ1) is 11.0. The van der Waals surface area contributed by atoms with Gasteiger partial charge in [0, 0.05) is 12.1 Å². The first-order valence-corrected chi connectivity index (χ1v) is 6.95. The molecule has 0 aliphatic heterocycles. The molecule has 2 aromatic rings. The number of benzene rings is 2. The molecule has 0 saturated heterocycles. The molecule has 2 aromatic carbocycles. The number of carbonyl (C=O) groups excluding carboxylic acids is 1. The van der Waals surface area contributed by atoms with Gasteiger partial charge in [-0.15, -0.1) is 0 Å². The number of nitro groups is 1. The molecule has 0 atom stereocenters. The number of hydrogen-bond acceptors (Lipinski definition) is 4. The van der Waals surface area contributed by atoms with Crippen molar-refractivity contribution in [1.82, 2.24) is 0 Å². The zero-order chi connectivity index (χ0) is 16.8. The lowest BCUT2D eigenvalue weighted by Gasteiger charge is -2.08. The summed E-state index contributed by atoms with van der Waals surface area (Å²) in [5.74, 6) is -0.850. The van der Waals surface area contributed by atoms with Gasteiger partial charge in [-0.05, 0) is 30.2 Å². The molecule has 0 radical (unpaired) electrons. The number of hydrogen-bond donors (Lipinski definition) is 1. The summed E-state index contributed by atoms with van der Waals surface area (Å²) in [6.07, 6.45) is 0.896. The molecule has 23 heavy (non-hydrogen) atoms. The Morgan fingerprint density at radius 3 is 2.57 bits per heavy atom. The molecule has 0 heterocycles. The highest BCUT2D eigenvalue weighted by Gasteiger charge is 2.13. The normalized spacial score (nSPS) is 10.2. The van der Waals surface area contributed by atoms with Crippen LogP contribution in [0.15, 0.2) is 42.5 Å². The summed E-state index contributed by atoms with van der Waals surface area (Å²) in [6.45, 7) is 1.70. The highest BCUT2D eigenvalue weighted by atomic mass is 19.1. The molecular weight excluding hydrogens is 303 g/mol. The minimum absolute atomic E-state index is 0.255. The molecule has 120 valence electrons. The molecule has 1 N–H and O–H groups in total. The topological polar surface area (TPSA) is 81.5 Å². The number of nitrogens with zero attached hydrogens (tertiary/aromatic N) is 1. The summed E-state index contributed by atoms with van der Waals surface area (Å²) in [4.78, 5) is 21.8. The van der Waals surface area contributed by atoms with Crippen molar-refractivity contribution in [3.8, 4) is 5.75 Å². The number of amides is 1. The van der Waals surface area contributed by atoms with Crippen molar-refractivity contribution in [1.29, 1.82) is 0 Å². The SMILES string of the molecule is CCc1ccc(OCC(=O)Nc2cc([N+](=O)[O-])ccc2F)cc1. The van der Waals surface area contributed by atoms with E-state index in [1.165, 1.54) is 0 Å². The fourth-order valence-corrected chi connectivity index (χ4v) is 1.88. The monoisotopic (exact) mass is 318 g/mol. The molecule has 6 nitrogen and oxygen atoms in total. The molecule has 0 aliphatic rings. The number of nitro benzene ring substituents is 1. The van der Waals surface area contributed by atoms with Crippen LogP contribution in [0.2, 0.25) is 0 Å². The average molecular weight is 318 g/mol. The van der Waals surface area contributed by atoms with Crippen LogP contribution in [0, 0.1) is 15.9 Å². The van der Waals surface area contributed by atoms with E-state index >= 15 is 0 Å². The summed E-state index contributed by atoms with van der Waals surface area (Å²) in [5.41, 5.74) is 0.576. The van der Waals surface area contributed by atoms with Gasteiger partial charge in [0.15, 0.2) is 6.61 Å². The van der Waals surface area contributed by atoms with Crippen LogP contribution in [-0.2, 0) is 11.2 Å². The Labute approximate surface area is 132 Å². The van der Waals surface area contributed by atoms with Crippen molar-refractivity contribution >= 4 is 17.3 Å². The smallest absolute Gasteiger partial charge is 0.271 e. The third-order valence-corrected chi connectivity index (χ3v) is 3.14. The number of rotatable bonds is 6. The van der Waals surface area contributed by atoms with E-state index in [4.69, 9.17) is 4.74 Å². The van der Waals surface area contributed by atoms with E-state index in [0.29, 0.717) is 5.75 Å². The van der Waals surface area contributed by atoms with Crippen molar-refractivity contribution < 1.29 is 18.8 Å². The van der Waals surface area contributed by atoms with Gasteiger partial charge in [0.05, 0.1) is 10.6 Å². The molecule has 0 saturated carbocycles. The van der Waals surface area contributed by atoms with Crippen LogP contribution in [-0.4, -0.2) is 17.4 Å². The summed E-state index contributed by atoms with van der Waals surface area (Å²) >= 11 is 0. The van der Waals surface area contributed by atoms with Crippen molar-refractivity contribution in [2.24, 2.45) is 0 Å². The fourth-order valence-electron chi connectivity index (χ4n) is 1.88. The maximum Gasteiger partial charge on any atom is 0.271 e. The van der Waals surface area contributed by atoms with Crippen LogP contribution >= 0.6 is 0 Å². The second-order valence-electron chi connectivity index (χ2n) is 4.76. The summed E-state index contributed by atoms with van der Waals surface area (Å²) in [6, 6.07) is 10.2. The zero-order valence-electron chi connectivity index (χ0n) is 12.4. The fraction of sp³-hybridized carbons (Fsp3) is 0.188. The summed E-state index contributed by atoms with van der Waals surface area (Å²) in [7, 11) is 0. The minimum Gasteiger partial charge on any atom is -0.484 e. The summed E-state index contributed by atoms with van der Waals surface area (Å²) < 4.78 is 18.9. The van der Waals surface area contributed by atoms with Gasteiger partial charge in [-0.3, -0.25) is 14.9 Å². The molecule has 0 bridgehead atoms. The molecule has 0 aliphatic carbocycles. The molecule has 0 spiro atoms. The highest BCUT2D eigenvalue weighted by molar-refractivity contribution is 5.92. The molecule has 0 unspecified atom stereocenters. The average Bonchev–Trinajstić information content (AvgIpc) is 2.55. The predicted octanol–water partition coefficient (Wildman–Crippen LogP) is 3.31. The van der Waals surface area contributed by atoms with Crippen LogP contribution in [0.4, 0.5) is 15.8 Å². The predicted molar refractivity (Wildman–Crippen MR) is 83.0 cm³/mol. The van der Waals surface area contributed by atoms with Crippen molar-refractivity contribution in [2.75, 3.05) is 11.9 Å². The second-order valence-corrected chi connectivity index (χ2v) is 4.76. The van der Waals surface area contributed by atoms with E-state index in [9.17, 15) is 19.3 Å². The third kappa shape index (κ3) is 4.50. The van der Waals surface area contributed by atoms with Gasteiger partial charge in [-0.1, -0.05) is 19.1 Å². The lowest BCUT2D eigenvalue weighted by molar-refractivity contribution is -0.384. The minimum atomic E-state index is -0.753. The molecular formula is C16H15FN2O4. The van der Waals surface area contributed by atoms with Crippen LogP contribution in [0.1, 0.15) is 12.5 Å². The number of halogens is 1. The number of carbonyl (C=O) groups is 1. The maximum atomic E-state index is 13.6. The van der Waals surface area contributed by atoms with Gasteiger partial charge in [0.1, 0.15) is 11.6 Å². The van der Waals surface area contributed by atoms with Gasteiger partial charge < -0.3 is 10.1 Å². The van der Waals surface area contributed by atoms with E-state index in [-0.39, 0.29) is 18.0 Å². The molecule has 0 fully saturated rings. The molecule has 1 amide bonds. The van der Waals surface area contributed by atoms with Gasteiger partial charge >= 0.3 is 0 Å². The van der Waals surface area contributed by atoms with Crippen molar-refractivity contribution in [2.45, 2.75) is 13.3 Å². The summed E-state index contributed by atoms with van der Waals surface area (Å²) in [5, 5.41) is 12.9. The number of non-ortho nitro benzene ring substituents is 1. The Bertz CT molecular complexity index is 717. The Hall–Kier alpha value is -2.96. The van der Waals surface area contributed by atoms with Gasteiger partial charge in [0.2, 0.25) is 0 Å². The molecule has 0 aromatic heterocycles. The van der Waals surface area contributed by atoms with Crippen LogP contribution in [0.5, 0.6) is 5.75 Å². The first kappa shape index (κ1) is 16.4. The molecule has 2 rings (SSSR count). The van der Waals surface area contributed by atoms with Gasteiger partial charge in [-0.2, -0.15) is 0 Å². The lowest BCUT2D eigenvalue weighted by Crippen LogP contribution is -2.20. The van der Waals surface area contributed by atoms with Crippen LogP contribution in [0.25, 0.3) is 0 Å². The maximum absolute atomic E-state index is 13.6. The number of anilines is 1. The van der Waals surface area contributed by atoms with E-state index in [1.807, 2.05) is 19.1 Å². The van der Waals surface area contributed by atoms with E-state index in [2.05, 4.69) is 5.32 Å². The van der Waals surface area contributed by atoms with Gasteiger partial charge in [-0.25, -0.2) is 4.39 Å².